The lowest BCUT2D eigenvalue weighted by molar-refractivity contribution is 0.243. The summed E-state index contributed by atoms with van der Waals surface area (Å²) in [6.07, 6.45) is 0. The van der Waals surface area contributed by atoms with Crippen molar-refractivity contribution in [2.45, 2.75) is 13.5 Å². The summed E-state index contributed by atoms with van der Waals surface area (Å²) < 4.78 is 14.0. The van der Waals surface area contributed by atoms with Crippen LogP contribution < -0.4 is 16.0 Å². The summed E-state index contributed by atoms with van der Waals surface area (Å²) in [6.45, 7) is 5.66. The normalized spacial score (nSPS) is 14.8. The number of anilines is 4. The van der Waals surface area contributed by atoms with Gasteiger partial charge >= 0.3 is 0 Å². The monoisotopic (exact) mass is 393 g/mol. The fourth-order valence-electron chi connectivity index (χ4n) is 3.45. The van der Waals surface area contributed by atoms with E-state index in [1.807, 2.05) is 43.3 Å². The average Bonchev–Trinajstić information content (AvgIpc) is 2.70. The predicted molar refractivity (Wildman–Crippen MR) is 113 cm³/mol. The first-order valence-corrected chi connectivity index (χ1v) is 9.63. The van der Waals surface area contributed by atoms with Crippen molar-refractivity contribution in [2.24, 2.45) is 0 Å². The number of nitrogen functional groups attached to an aromatic ring is 1. The third kappa shape index (κ3) is 4.60. The maximum atomic E-state index is 14.0. The molecule has 1 aliphatic heterocycles. The van der Waals surface area contributed by atoms with Gasteiger partial charge in [-0.05, 0) is 30.7 Å². The molecule has 3 N–H and O–H groups in total. The van der Waals surface area contributed by atoms with E-state index in [9.17, 15) is 4.39 Å². The molecule has 150 valence electrons. The summed E-state index contributed by atoms with van der Waals surface area (Å²) in [4.78, 5) is 17.3. The van der Waals surface area contributed by atoms with Crippen molar-refractivity contribution < 1.29 is 4.39 Å². The minimum Gasteiger partial charge on any atom is -0.368 e. The zero-order valence-electron chi connectivity index (χ0n) is 16.3. The van der Waals surface area contributed by atoms with Gasteiger partial charge in [0.1, 0.15) is 11.6 Å². The summed E-state index contributed by atoms with van der Waals surface area (Å²) in [5.41, 5.74) is 8.58. The van der Waals surface area contributed by atoms with E-state index in [1.165, 1.54) is 6.07 Å². The largest absolute Gasteiger partial charge is 0.368 e. The number of benzene rings is 2. The first-order chi connectivity index (χ1) is 14.1. The average molecular weight is 393 g/mol. The third-order valence-corrected chi connectivity index (χ3v) is 5.02. The first kappa shape index (κ1) is 19.1. The molecule has 0 radical (unpaired) electrons. The van der Waals surface area contributed by atoms with E-state index in [0.717, 1.165) is 37.4 Å². The van der Waals surface area contributed by atoms with Crippen LogP contribution in [0.1, 0.15) is 11.4 Å². The highest BCUT2D eigenvalue weighted by atomic mass is 19.1. The zero-order valence-corrected chi connectivity index (χ0v) is 16.3. The molecule has 7 nitrogen and oxygen atoms in total. The van der Waals surface area contributed by atoms with Crippen LogP contribution in [0, 0.1) is 12.7 Å². The third-order valence-electron chi connectivity index (χ3n) is 5.02. The van der Waals surface area contributed by atoms with Crippen molar-refractivity contribution in [3.05, 3.63) is 65.7 Å². The zero-order chi connectivity index (χ0) is 20.2. The standard InChI is InChI=1S/C21H24FN7/c1-15-6-2-4-8-17(15)24-21-26-19(25-20(23)27-21)14-28-10-12-29(13-11-28)18-9-5-3-7-16(18)22/h2-9H,10-14H2,1H3,(H3,23,24,25,26,27). The van der Waals surface area contributed by atoms with Gasteiger partial charge in [0.05, 0.1) is 12.2 Å². The second-order valence-corrected chi connectivity index (χ2v) is 7.09. The van der Waals surface area contributed by atoms with Gasteiger partial charge in [0.2, 0.25) is 11.9 Å². The Kier molecular flexibility index (Phi) is 5.53. The molecule has 2 heterocycles. The molecule has 0 spiro atoms. The number of aryl methyl sites for hydroxylation is 1. The number of para-hydroxylation sites is 2. The number of piperazine rings is 1. The number of nitrogens with two attached hydrogens (primary N) is 1. The van der Waals surface area contributed by atoms with Crippen LogP contribution >= 0.6 is 0 Å². The lowest BCUT2D eigenvalue weighted by atomic mass is 10.2. The summed E-state index contributed by atoms with van der Waals surface area (Å²) in [7, 11) is 0. The number of nitrogens with one attached hydrogen (secondary N) is 1. The van der Waals surface area contributed by atoms with Gasteiger partial charge < -0.3 is 16.0 Å². The first-order valence-electron chi connectivity index (χ1n) is 9.63. The SMILES string of the molecule is Cc1ccccc1Nc1nc(N)nc(CN2CCN(c3ccccc3F)CC2)n1. The number of hydrogen-bond donors (Lipinski definition) is 2. The lowest BCUT2D eigenvalue weighted by Crippen LogP contribution is -2.46. The van der Waals surface area contributed by atoms with E-state index >= 15 is 0 Å². The summed E-state index contributed by atoms with van der Waals surface area (Å²) in [5.74, 6) is 1.06. The van der Waals surface area contributed by atoms with Gasteiger partial charge in [0.25, 0.3) is 0 Å². The minimum atomic E-state index is -0.182. The number of halogens is 1. The Balaban J connectivity index is 1.41. The summed E-state index contributed by atoms with van der Waals surface area (Å²) in [6, 6.07) is 14.8. The Morgan fingerprint density at radius 2 is 1.69 bits per heavy atom. The molecule has 0 aliphatic carbocycles. The summed E-state index contributed by atoms with van der Waals surface area (Å²) >= 11 is 0. The smallest absolute Gasteiger partial charge is 0.232 e. The van der Waals surface area contributed by atoms with Crippen molar-refractivity contribution in [1.82, 2.24) is 19.9 Å². The van der Waals surface area contributed by atoms with Crippen molar-refractivity contribution in [1.29, 1.82) is 0 Å². The van der Waals surface area contributed by atoms with Crippen LogP contribution in [0.4, 0.5) is 27.7 Å². The second-order valence-electron chi connectivity index (χ2n) is 7.09. The number of hydrogen-bond acceptors (Lipinski definition) is 7. The van der Waals surface area contributed by atoms with E-state index in [0.29, 0.717) is 24.0 Å². The molecule has 0 bridgehead atoms. The van der Waals surface area contributed by atoms with E-state index in [1.54, 1.807) is 6.07 Å². The molecule has 0 saturated carbocycles. The van der Waals surface area contributed by atoms with Crippen molar-refractivity contribution in [3.63, 3.8) is 0 Å². The van der Waals surface area contributed by atoms with Crippen LogP contribution in [-0.4, -0.2) is 46.0 Å². The minimum absolute atomic E-state index is 0.182. The van der Waals surface area contributed by atoms with Crippen molar-refractivity contribution in [2.75, 3.05) is 42.1 Å². The predicted octanol–water partition coefficient (Wildman–Crippen LogP) is 2.97. The molecular formula is C21H24FN7. The molecule has 8 heteroatoms. The fraction of sp³-hybridized carbons (Fsp3) is 0.286. The molecule has 4 rings (SSSR count). The van der Waals surface area contributed by atoms with E-state index < -0.39 is 0 Å². The molecule has 1 saturated heterocycles. The highest BCUT2D eigenvalue weighted by Gasteiger charge is 2.20. The Bertz CT molecular complexity index is 986. The fourth-order valence-corrected chi connectivity index (χ4v) is 3.45. The molecule has 1 aromatic heterocycles. The van der Waals surface area contributed by atoms with Gasteiger partial charge in [0.15, 0.2) is 0 Å². The molecule has 1 aliphatic rings. The lowest BCUT2D eigenvalue weighted by Gasteiger charge is -2.35. The van der Waals surface area contributed by atoms with Crippen molar-refractivity contribution >= 4 is 23.3 Å². The van der Waals surface area contributed by atoms with Gasteiger partial charge in [-0.1, -0.05) is 30.3 Å². The van der Waals surface area contributed by atoms with Gasteiger partial charge in [-0.3, -0.25) is 4.90 Å². The van der Waals surface area contributed by atoms with Crippen LogP contribution in [0.25, 0.3) is 0 Å². The van der Waals surface area contributed by atoms with Crippen LogP contribution in [0.15, 0.2) is 48.5 Å². The molecular weight excluding hydrogens is 369 g/mol. The van der Waals surface area contributed by atoms with E-state index in [4.69, 9.17) is 5.73 Å². The highest BCUT2D eigenvalue weighted by Crippen LogP contribution is 2.21. The molecule has 1 fully saturated rings. The van der Waals surface area contributed by atoms with Gasteiger partial charge in [-0.15, -0.1) is 0 Å². The highest BCUT2D eigenvalue weighted by molar-refractivity contribution is 5.58. The Labute approximate surface area is 169 Å². The van der Waals surface area contributed by atoms with Crippen LogP contribution in [0.5, 0.6) is 0 Å². The second kappa shape index (κ2) is 8.40. The molecule has 0 atom stereocenters. The van der Waals surface area contributed by atoms with Crippen LogP contribution in [0.2, 0.25) is 0 Å². The van der Waals surface area contributed by atoms with Gasteiger partial charge in [-0.25, -0.2) is 4.39 Å². The van der Waals surface area contributed by atoms with Gasteiger partial charge in [-0.2, -0.15) is 15.0 Å². The van der Waals surface area contributed by atoms with Crippen molar-refractivity contribution in [3.8, 4) is 0 Å². The number of aromatic nitrogens is 3. The topological polar surface area (TPSA) is 83.2 Å². The molecule has 3 aromatic rings. The quantitative estimate of drug-likeness (QED) is 0.689. The number of rotatable bonds is 5. The summed E-state index contributed by atoms with van der Waals surface area (Å²) in [5, 5.41) is 3.21. The number of nitrogens with zero attached hydrogens (tertiary/aromatic N) is 5. The maximum absolute atomic E-state index is 14.0. The van der Waals surface area contributed by atoms with Crippen LogP contribution in [0.3, 0.4) is 0 Å². The van der Waals surface area contributed by atoms with Crippen LogP contribution in [-0.2, 0) is 6.54 Å². The maximum Gasteiger partial charge on any atom is 0.232 e. The Hall–Kier alpha value is -3.26. The molecule has 0 amide bonds. The van der Waals surface area contributed by atoms with E-state index in [-0.39, 0.29) is 11.8 Å². The van der Waals surface area contributed by atoms with Gasteiger partial charge in [0, 0.05) is 31.9 Å². The Morgan fingerprint density at radius 1 is 0.966 bits per heavy atom. The molecule has 0 unspecified atom stereocenters. The molecule has 2 aromatic carbocycles. The van der Waals surface area contributed by atoms with E-state index in [2.05, 4.69) is 30.1 Å². The molecule has 29 heavy (non-hydrogen) atoms. The Morgan fingerprint density at radius 3 is 2.45 bits per heavy atom.